The predicted molar refractivity (Wildman–Crippen MR) is 95.2 cm³/mol. The van der Waals surface area contributed by atoms with Crippen molar-refractivity contribution in [3.05, 3.63) is 59.8 Å². The molecular weight excluding hydrogens is 298 g/mol. The first-order valence-electron chi connectivity index (χ1n) is 8.83. The Morgan fingerprint density at radius 2 is 1.83 bits per heavy atom. The van der Waals surface area contributed by atoms with Gasteiger partial charge in [-0.2, -0.15) is 0 Å². The quantitative estimate of drug-likeness (QED) is 0.872. The van der Waals surface area contributed by atoms with Gasteiger partial charge in [-0.3, -0.25) is 4.79 Å². The van der Waals surface area contributed by atoms with Gasteiger partial charge in [0.25, 0.3) is 0 Å². The molecule has 1 aromatic heterocycles. The molecule has 2 aliphatic rings. The minimum atomic E-state index is 0.303. The summed E-state index contributed by atoms with van der Waals surface area (Å²) in [5.41, 5.74) is 2.81. The van der Waals surface area contributed by atoms with Gasteiger partial charge in [0, 0.05) is 38.8 Å². The van der Waals surface area contributed by atoms with E-state index in [1.165, 1.54) is 11.1 Å². The summed E-state index contributed by atoms with van der Waals surface area (Å²) in [6, 6.07) is 14.6. The van der Waals surface area contributed by atoms with Crippen molar-refractivity contribution in [1.29, 1.82) is 0 Å². The molecule has 124 valence electrons. The Balaban J connectivity index is 1.34. The van der Waals surface area contributed by atoms with Crippen molar-refractivity contribution in [2.24, 2.45) is 0 Å². The highest BCUT2D eigenvalue weighted by Crippen LogP contribution is 2.35. The zero-order chi connectivity index (χ0) is 16.4. The molecule has 4 heteroatoms. The molecular formula is C20H23N3O. The maximum Gasteiger partial charge on any atom is 0.223 e. The molecule has 0 spiro atoms. The van der Waals surface area contributed by atoms with Crippen LogP contribution in [0.3, 0.4) is 0 Å². The summed E-state index contributed by atoms with van der Waals surface area (Å²) in [5, 5.41) is 0. The Morgan fingerprint density at radius 1 is 1.04 bits per heavy atom. The lowest BCUT2D eigenvalue weighted by Crippen LogP contribution is -2.49. The number of amides is 1. The van der Waals surface area contributed by atoms with Crippen molar-refractivity contribution in [1.82, 2.24) is 9.88 Å². The van der Waals surface area contributed by atoms with Crippen LogP contribution in [0.5, 0.6) is 0 Å². The van der Waals surface area contributed by atoms with Crippen LogP contribution in [-0.2, 0) is 11.2 Å². The first kappa shape index (κ1) is 15.2. The van der Waals surface area contributed by atoms with Gasteiger partial charge >= 0.3 is 0 Å². The second-order valence-corrected chi connectivity index (χ2v) is 6.69. The molecule has 24 heavy (non-hydrogen) atoms. The van der Waals surface area contributed by atoms with E-state index in [4.69, 9.17) is 0 Å². The van der Waals surface area contributed by atoms with Gasteiger partial charge in [0.05, 0.1) is 0 Å². The van der Waals surface area contributed by atoms with Crippen molar-refractivity contribution in [3.63, 3.8) is 0 Å². The second kappa shape index (κ2) is 6.63. The summed E-state index contributed by atoms with van der Waals surface area (Å²) in [6.07, 6.45) is 4.70. The van der Waals surface area contributed by atoms with E-state index in [2.05, 4.69) is 34.1 Å². The van der Waals surface area contributed by atoms with E-state index in [1.54, 1.807) is 0 Å². The Labute approximate surface area is 143 Å². The van der Waals surface area contributed by atoms with Gasteiger partial charge in [0.15, 0.2) is 0 Å². The molecule has 0 unspecified atom stereocenters. The molecule has 0 saturated carbocycles. The maximum absolute atomic E-state index is 12.7. The highest BCUT2D eigenvalue weighted by molar-refractivity contribution is 5.77. The smallest absolute Gasteiger partial charge is 0.223 e. The van der Waals surface area contributed by atoms with Gasteiger partial charge in [-0.1, -0.05) is 30.3 Å². The Bertz CT molecular complexity index is 708. The van der Waals surface area contributed by atoms with Gasteiger partial charge in [0.2, 0.25) is 5.91 Å². The lowest BCUT2D eigenvalue weighted by atomic mass is 9.97. The number of fused-ring (bicyclic) bond motifs is 1. The molecule has 4 nitrogen and oxygen atoms in total. The molecule has 0 bridgehead atoms. The van der Waals surface area contributed by atoms with E-state index >= 15 is 0 Å². The number of benzene rings is 1. The van der Waals surface area contributed by atoms with E-state index in [0.29, 0.717) is 18.2 Å². The van der Waals surface area contributed by atoms with Gasteiger partial charge in [-0.25, -0.2) is 4.98 Å². The number of rotatable bonds is 3. The standard InChI is InChI=1S/C20H23N3O/c24-20(15-17-9-8-16-5-1-2-6-18(16)17)23-13-11-22(12-14-23)19-7-3-4-10-21-19/h1-7,10,17H,8-9,11-15H2/t17-/m0/s1. The second-order valence-electron chi connectivity index (χ2n) is 6.69. The average Bonchev–Trinajstić information content (AvgIpc) is 3.06. The van der Waals surface area contributed by atoms with Crippen molar-refractivity contribution in [2.45, 2.75) is 25.2 Å². The Hall–Kier alpha value is -2.36. The number of anilines is 1. The lowest BCUT2D eigenvalue weighted by molar-refractivity contribution is -0.131. The molecule has 1 saturated heterocycles. The van der Waals surface area contributed by atoms with Crippen molar-refractivity contribution < 1.29 is 4.79 Å². The van der Waals surface area contributed by atoms with Crippen LogP contribution in [0.4, 0.5) is 5.82 Å². The number of pyridine rings is 1. The number of nitrogens with zero attached hydrogens (tertiary/aromatic N) is 3. The lowest BCUT2D eigenvalue weighted by Gasteiger charge is -2.35. The minimum absolute atomic E-state index is 0.303. The summed E-state index contributed by atoms with van der Waals surface area (Å²) < 4.78 is 0. The number of piperazine rings is 1. The maximum atomic E-state index is 12.7. The van der Waals surface area contributed by atoms with E-state index in [-0.39, 0.29) is 0 Å². The van der Waals surface area contributed by atoms with Crippen LogP contribution >= 0.6 is 0 Å². The molecule has 1 aromatic carbocycles. The van der Waals surface area contributed by atoms with Gasteiger partial charge in [-0.05, 0) is 42.0 Å². The van der Waals surface area contributed by atoms with E-state index < -0.39 is 0 Å². The zero-order valence-electron chi connectivity index (χ0n) is 13.9. The third-order valence-corrected chi connectivity index (χ3v) is 5.28. The summed E-state index contributed by atoms with van der Waals surface area (Å²) >= 11 is 0. The number of aryl methyl sites for hydroxylation is 1. The molecule has 2 aromatic rings. The molecule has 1 atom stereocenters. The summed E-state index contributed by atoms with van der Waals surface area (Å²) in [5.74, 6) is 1.72. The topological polar surface area (TPSA) is 36.4 Å². The van der Waals surface area contributed by atoms with Gasteiger partial charge in [0.1, 0.15) is 5.82 Å². The van der Waals surface area contributed by atoms with Crippen LogP contribution in [-0.4, -0.2) is 42.0 Å². The monoisotopic (exact) mass is 321 g/mol. The number of hydrogen-bond donors (Lipinski definition) is 0. The van der Waals surface area contributed by atoms with Crippen LogP contribution < -0.4 is 4.90 Å². The van der Waals surface area contributed by atoms with Crippen molar-refractivity contribution >= 4 is 11.7 Å². The van der Waals surface area contributed by atoms with E-state index in [1.807, 2.05) is 29.3 Å². The highest BCUT2D eigenvalue weighted by atomic mass is 16.2. The number of aromatic nitrogens is 1. The Kier molecular flexibility index (Phi) is 4.20. The molecule has 1 aliphatic heterocycles. The summed E-state index contributed by atoms with van der Waals surface area (Å²) in [4.78, 5) is 21.4. The number of carbonyl (C=O) groups is 1. The van der Waals surface area contributed by atoms with Crippen LogP contribution in [0.25, 0.3) is 0 Å². The highest BCUT2D eigenvalue weighted by Gasteiger charge is 2.28. The molecule has 0 N–H and O–H groups in total. The molecule has 2 heterocycles. The van der Waals surface area contributed by atoms with E-state index in [9.17, 15) is 4.79 Å². The van der Waals surface area contributed by atoms with Crippen LogP contribution in [0.2, 0.25) is 0 Å². The predicted octanol–water partition coefficient (Wildman–Crippen LogP) is 2.85. The normalized spacial score (nSPS) is 20.1. The number of hydrogen-bond acceptors (Lipinski definition) is 3. The SMILES string of the molecule is O=C(C[C@@H]1CCc2ccccc21)N1CCN(c2ccccn2)CC1. The average molecular weight is 321 g/mol. The first-order chi connectivity index (χ1) is 11.8. The van der Waals surface area contributed by atoms with Crippen LogP contribution in [0.15, 0.2) is 48.7 Å². The van der Waals surface area contributed by atoms with Crippen LogP contribution in [0, 0.1) is 0 Å². The molecule has 1 fully saturated rings. The summed E-state index contributed by atoms with van der Waals surface area (Å²) in [7, 11) is 0. The third-order valence-electron chi connectivity index (χ3n) is 5.28. The fraction of sp³-hybridized carbons (Fsp3) is 0.400. The molecule has 4 rings (SSSR count). The van der Waals surface area contributed by atoms with Crippen molar-refractivity contribution in [2.75, 3.05) is 31.1 Å². The van der Waals surface area contributed by atoms with Gasteiger partial charge in [-0.15, -0.1) is 0 Å². The fourth-order valence-corrected chi connectivity index (χ4v) is 3.92. The molecule has 1 aliphatic carbocycles. The fourth-order valence-electron chi connectivity index (χ4n) is 3.92. The van der Waals surface area contributed by atoms with Gasteiger partial charge < -0.3 is 9.80 Å². The molecule has 1 amide bonds. The summed E-state index contributed by atoms with van der Waals surface area (Å²) in [6.45, 7) is 3.32. The van der Waals surface area contributed by atoms with Crippen LogP contribution in [0.1, 0.15) is 29.9 Å². The largest absolute Gasteiger partial charge is 0.353 e. The van der Waals surface area contributed by atoms with Crippen molar-refractivity contribution in [3.8, 4) is 0 Å². The first-order valence-corrected chi connectivity index (χ1v) is 8.83. The molecule has 0 radical (unpaired) electrons. The number of carbonyl (C=O) groups excluding carboxylic acids is 1. The minimum Gasteiger partial charge on any atom is -0.353 e. The van der Waals surface area contributed by atoms with E-state index in [0.717, 1.165) is 44.8 Å². The Morgan fingerprint density at radius 3 is 2.62 bits per heavy atom. The third kappa shape index (κ3) is 3.01. The zero-order valence-corrected chi connectivity index (χ0v) is 13.9.